The molecule has 0 radical (unpaired) electrons. The highest BCUT2D eigenvalue weighted by Crippen LogP contribution is 2.45. The molecule has 1 aromatic heterocycles. The summed E-state index contributed by atoms with van der Waals surface area (Å²) >= 11 is 0. The van der Waals surface area contributed by atoms with Gasteiger partial charge in [-0.25, -0.2) is 0 Å². The minimum absolute atomic E-state index is 1.10. The summed E-state index contributed by atoms with van der Waals surface area (Å²) in [6.07, 6.45) is 0. The number of nitrogens with zero attached hydrogens (tertiary/aromatic N) is 2. The van der Waals surface area contributed by atoms with Crippen molar-refractivity contribution in [3.8, 4) is 27.9 Å². The second-order valence-corrected chi connectivity index (χ2v) is 14.6. The lowest BCUT2D eigenvalue weighted by Gasteiger charge is -2.27. The monoisotopic (exact) mass is 712 g/mol. The maximum absolute atomic E-state index is 2.44. The van der Waals surface area contributed by atoms with Crippen molar-refractivity contribution in [3.63, 3.8) is 0 Å². The van der Waals surface area contributed by atoms with E-state index in [9.17, 15) is 0 Å². The quantitative estimate of drug-likeness (QED) is 0.156. The van der Waals surface area contributed by atoms with E-state index in [0.717, 1.165) is 22.7 Å². The molecule has 0 bridgehead atoms. The molecule has 0 spiro atoms. The zero-order valence-electron chi connectivity index (χ0n) is 30.7. The third-order valence-electron chi connectivity index (χ3n) is 11.3. The Bertz CT molecular complexity index is 3250. The molecule has 10 aromatic carbocycles. The first-order chi connectivity index (χ1) is 27.8. The van der Waals surface area contributed by atoms with E-state index in [0.29, 0.717) is 0 Å². The van der Waals surface area contributed by atoms with Crippen molar-refractivity contribution in [3.05, 3.63) is 218 Å². The lowest BCUT2D eigenvalue weighted by molar-refractivity contribution is 1.19. The van der Waals surface area contributed by atoms with Crippen LogP contribution in [0.3, 0.4) is 0 Å². The van der Waals surface area contributed by atoms with Crippen molar-refractivity contribution < 1.29 is 0 Å². The maximum Gasteiger partial charge on any atom is 0.0625 e. The van der Waals surface area contributed by atoms with Crippen LogP contribution in [0.25, 0.3) is 82.1 Å². The van der Waals surface area contributed by atoms with E-state index in [1.807, 2.05) is 0 Å². The van der Waals surface area contributed by atoms with Gasteiger partial charge in [-0.05, 0) is 110 Å². The predicted molar refractivity (Wildman–Crippen MR) is 239 cm³/mol. The molecular weight excluding hydrogens is 677 g/mol. The lowest BCUT2D eigenvalue weighted by atomic mass is 9.94. The molecule has 2 heteroatoms. The summed E-state index contributed by atoms with van der Waals surface area (Å²) in [6, 6.07) is 79.5. The van der Waals surface area contributed by atoms with Crippen molar-refractivity contribution >= 4 is 71.2 Å². The summed E-state index contributed by atoms with van der Waals surface area (Å²) in [5, 5.41) is 9.95. The fourth-order valence-electron chi connectivity index (χ4n) is 8.76. The van der Waals surface area contributed by atoms with E-state index in [4.69, 9.17) is 0 Å². The predicted octanol–water partition coefficient (Wildman–Crippen LogP) is 15.0. The van der Waals surface area contributed by atoms with Gasteiger partial charge in [-0.1, -0.05) is 158 Å². The molecule has 0 unspecified atom stereocenters. The van der Waals surface area contributed by atoms with Gasteiger partial charge in [0.1, 0.15) is 0 Å². The third kappa shape index (κ3) is 5.26. The molecule has 0 saturated heterocycles. The maximum atomic E-state index is 2.44. The van der Waals surface area contributed by atoms with Crippen LogP contribution in [-0.2, 0) is 0 Å². The highest BCUT2D eigenvalue weighted by atomic mass is 15.1. The van der Waals surface area contributed by atoms with Gasteiger partial charge in [-0.2, -0.15) is 0 Å². The van der Waals surface area contributed by atoms with Gasteiger partial charge < -0.3 is 9.47 Å². The van der Waals surface area contributed by atoms with E-state index in [-0.39, 0.29) is 0 Å². The van der Waals surface area contributed by atoms with Crippen LogP contribution in [0.5, 0.6) is 0 Å². The Hall–Kier alpha value is -7.42. The first-order valence-corrected chi connectivity index (χ1v) is 19.3. The van der Waals surface area contributed by atoms with E-state index >= 15 is 0 Å². The Morgan fingerprint density at radius 1 is 0.321 bits per heavy atom. The van der Waals surface area contributed by atoms with Gasteiger partial charge in [0, 0.05) is 38.9 Å². The highest BCUT2D eigenvalue weighted by Gasteiger charge is 2.21. The minimum Gasteiger partial charge on any atom is -0.310 e. The molecule has 0 atom stereocenters. The third-order valence-corrected chi connectivity index (χ3v) is 11.3. The van der Waals surface area contributed by atoms with Crippen molar-refractivity contribution in [1.82, 2.24) is 4.57 Å². The summed E-state index contributed by atoms with van der Waals surface area (Å²) < 4.78 is 2.44. The van der Waals surface area contributed by atoms with Gasteiger partial charge in [-0.3, -0.25) is 0 Å². The number of benzene rings is 10. The largest absolute Gasteiger partial charge is 0.310 e. The average Bonchev–Trinajstić information content (AvgIpc) is 3.63. The summed E-state index contributed by atoms with van der Waals surface area (Å²) in [7, 11) is 0. The van der Waals surface area contributed by atoms with Crippen LogP contribution in [0.4, 0.5) is 17.1 Å². The van der Waals surface area contributed by atoms with Crippen LogP contribution in [0, 0.1) is 0 Å². The van der Waals surface area contributed by atoms with Gasteiger partial charge in [0.25, 0.3) is 0 Å². The molecule has 262 valence electrons. The molecule has 0 amide bonds. The van der Waals surface area contributed by atoms with Gasteiger partial charge in [-0.15, -0.1) is 0 Å². The molecule has 11 aromatic rings. The zero-order chi connectivity index (χ0) is 37.0. The van der Waals surface area contributed by atoms with Crippen LogP contribution < -0.4 is 4.90 Å². The SMILES string of the molecule is c1ccc(-c2cccc(N(c3cccc(-c4cc5ccccc5c5c4c4ccccc4n5-c4ccccc4)c3)c3ccc4c(ccc5ccccc54)c3)c2)cc1. The number of rotatable bonds is 6. The van der Waals surface area contributed by atoms with Crippen LogP contribution in [0.15, 0.2) is 218 Å². The summed E-state index contributed by atoms with van der Waals surface area (Å²) in [4.78, 5) is 2.41. The number of anilines is 3. The Balaban J connectivity index is 1.16. The van der Waals surface area contributed by atoms with E-state index in [1.165, 1.54) is 76.4 Å². The van der Waals surface area contributed by atoms with Gasteiger partial charge in [0.2, 0.25) is 0 Å². The highest BCUT2D eigenvalue weighted by molar-refractivity contribution is 6.24. The van der Waals surface area contributed by atoms with Gasteiger partial charge in [0.05, 0.1) is 11.0 Å². The molecule has 0 aliphatic heterocycles. The number of hydrogen-bond donors (Lipinski definition) is 0. The smallest absolute Gasteiger partial charge is 0.0625 e. The Morgan fingerprint density at radius 3 is 1.68 bits per heavy atom. The number of fused-ring (bicyclic) bond motifs is 8. The second-order valence-electron chi connectivity index (χ2n) is 14.6. The molecule has 0 aliphatic rings. The van der Waals surface area contributed by atoms with Crippen molar-refractivity contribution in [1.29, 1.82) is 0 Å². The molecule has 2 nitrogen and oxygen atoms in total. The van der Waals surface area contributed by atoms with Crippen molar-refractivity contribution in [2.75, 3.05) is 4.90 Å². The lowest BCUT2D eigenvalue weighted by Crippen LogP contribution is -2.10. The fourth-order valence-corrected chi connectivity index (χ4v) is 8.76. The van der Waals surface area contributed by atoms with Crippen LogP contribution >= 0.6 is 0 Å². The van der Waals surface area contributed by atoms with Crippen molar-refractivity contribution in [2.24, 2.45) is 0 Å². The van der Waals surface area contributed by atoms with Crippen molar-refractivity contribution in [2.45, 2.75) is 0 Å². The molecule has 0 N–H and O–H groups in total. The molecule has 1 heterocycles. The van der Waals surface area contributed by atoms with Crippen LogP contribution in [-0.4, -0.2) is 4.57 Å². The molecule has 0 saturated carbocycles. The van der Waals surface area contributed by atoms with Crippen LogP contribution in [0.2, 0.25) is 0 Å². The molecule has 0 fully saturated rings. The summed E-state index contributed by atoms with van der Waals surface area (Å²) in [6.45, 7) is 0. The molecule has 11 rings (SSSR count). The zero-order valence-corrected chi connectivity index (χ0v) is 30.7. The first kappa shape index (κ1) is 32.0. The van der Waals surface area contributed by atoms with E-state index < -0.39 is 0 Å². The Kier molecular flexibility index (Phi) is 7.53. The number of para-hydroxylation sites is 2. The second kappa shape index (κ2) is 13.2. The topological polar surface area (TPSA) is 8.17 Å². The minimum atomic E-state index is 1.10. The average molecular weight is 713 g/mol. The Morgan fingerprint density at radius 2 is 0.875 bits per heavy atom. The fraction of sp³-hybridized carbons (Fsp3) is 0. The van der Waals surface area contributed by atoms with E-state index in [1.54, 1.807) is 0 Å². The standard InChI is InChI=1S/C54H36N2/c1-3-15-37(16-4-1)39-19-13-23-44(33-39)55(46-31-32-48-42(35-46)30-29-38-17-7-9-25-47(38)48)45-24-14-20-40(34-45)51-36-41-18-8-10-26-49(41)54-53(51)50-27-11-12-28-52(50)56(54)43-21-5-2-6-22-43/h1-36H. The first-order valence-electron chi connectivity index (χ1n) is 19.3. The number of hydrogen-bond acceptors (Lipinski definition) is 1. The molecule has 56 heavy (non-hydrogen) atoms. The van der Waals surface area contributed by atoms with Gasteiger partial charge in [0.15, 0.2) is 0 Å². The summed E-state index contributed by atoms with van der Waals surface area (Å²) in [5.41, 5.74) is 11.7. The molecule has 0 aliphatic carbocycles. The Labute approximate surface area is 325 Å². The number of aromatic nitrogens is 1. The molecular formula is C54H36N2. The summed E-state index contributed by atoms with van der Waals surface area (Å²) in [5.74, 6) is 0. The normalized spacial score (nSPS) is 11.6. The van der Waals surface area contributed by atoms with Gasteiger partial charge >= 0.3 is 0 Å². The van der Waals surface area contributed by atoms with E-state index in [2.05, 4.69) is 228 Å². The van der Waals surface area contributed by atoms with Crippen LogP contribution in [0.1, 0.15) is 0 Å².